The summed E-state index contributed by atoms with van der Waals surface area (Å²) in [4.78, 5) is 0. The van der Waals surface area contributed by atoms with Gasteiger partial charge in [-0.05, 0) is 17.5 Å². The van der Waals surface area contributed by atoms with Crippen LogP contribution in [-0.4, -0.2) is 16.8 Å². The Kier molecular flexibility index (Phi) is 4.02. The van der Waals surface area contributed by atoms with E-state index in [-0.39, 0.29) is 17.9 Å². The Hall–Kier alpha value is -0.540. The molecule has 2 nitrogen and oxygen atoms in total. The lowest BCUT2D eigenvalue weighted by Crippen LogP contribution is -2.13. The highest BCUT2D eigenvalue weighted by atomic mass is 79.9. The molecule has 0 fully saturated rings. The quantitative estimate of drug-likeness (QED) is 0.873. The van der Waals surface area contributed by atoms with Gasteiger partial charge in [0.25, 0.3) is 0 Å². The molecule has 2 N–H and O–H groups in total. The fraction of sp³-hybridized carbons (Fsp3) is 0.538. The summed E-state index contributed by atoms with van der Waals surface area (Å²) in [5.74, 6) is 0.246. The number of benzene rings is 1. The maximum Gasteiger partial charge on any atom is 0.122 e. The Balaban J connectivity index is 3.38. The Bertz CT molecular complexity index is 380. The van der Waals surface area contributed by atoms with Crippen molar-refractivity contribution in [3.05, 3.63) is 27.7 Å². The summed E-state index contributed by atoms with van der Waals surface area (Å²) in [5, 5.41) is 19.4. The average molecular weight is 287 g/mol. The summed E-state index contributed by atoms with van der Waals surface area (Å²) in [6.07, 6.45) is 0. The summed E-state index contributed by atoms with van der Waals surface area (Å²) in [6.45, 7) is 8.10. The Morgan fingerprint density at radius 3 is 2.31 bits per heavy atom. The molecule has 16 heavy (non-hydrogen) atoms. The van der Waals surface area contributed by atoms with Gasteiger partial charge in [-0.1, -0.05) is 43.6 Å². The molecule has 3 heteroatoms. The van der Waals surface area contributed by atoms with E-state index < -0.39 is 0 Å². The van der Waals surface area contributed by atoms with Crippen molar-refractivity contribution in [3.8, 4) is 5.75 Å². The SMILES string of the molecule is CC(CO)c1cc(Br)cc(C(C)(C)C)c1O. The van der Waals surface area contributed by atoms with Crippen molar-refractivity contribution in [3.63, 3.8) is 0 Å². The van der Waals surface area contributed by atoms with Crippen LogP contribution in [0.5, 0.6) is 5.75 Å². The highest BCUT2D eigenvalue weighted by Gasteiger charge is 2.22. The zero-order valence-electron chi connectivity index (χ0n) is 10.2. The molecule has 0 bridgehead atoms. The van der Waals surface area contributed by atoms with Gasteiger partial charge in [0.1, 0.15) is 5.75 Å². The van der Waals surface area contributed by atoms with E-state index in [0.717, 1.165) is 15.6 Å². The van der Waals surface area contributed by atoms with E-state index in [0.29, 0.717) is 5.75 Å². The van der Waals surface area contributed by atoms with Crippen LogP contribution < -0.4 is 0 Å². The van der Waals surface area contributed by atoms with Gasteiger partial charge < -0.3 is 10.2 Å². The molecule has 0 aliphatic carbocycles. The highest BCUT2D eigenvalue weighted by molar-refractivity contribution is 9.10. The zero-order valence-corrected chi connectivity index (χ0v) is 11.8. The van der Waals surface area contributed by atoms with Crippen molar-refractivity contribution < 1.29 is 10.2 Å². The van der Waals surface area contributed by atoms with E-state index in [9.17, 15) is 10.2 Å². The molecule has 0 saturated carbocycles. The number of aromatic hydroxyl groups is 1. The van der Waals surface area contributed by atoms with Crippen LogP contribution in [0.1, 0.15) is 44.7 Å². The lowest BCUT2D eigenvalue weighted by atomic mass is 9.83. The van der Waals surface area contributed by atoms with Crippen LogP contribution in [0, 0.1) is 0 Å². The summed E-state index contributed by atoms with van der Waals surface area (Å²) in [5.41, 5.74) is 1.58. The van der Waals surface area contributed by atoms with Crippen LogP contribution in [-0.2, 0) is 5.41 Å². The molecule has 0 aliphatic heterocycles. The van der Waals surface area contributed by atoms with Crippen molar-refractivity contribution >= 4 is 15.9 Å². The molecule has 1 atom stereocenters. The van der Waals surface area contributed by atoms with Crippen LogP contribution in [0.3, 0.4) is 0 Å². The largest absolute Gasteiger partial charge is 0.507 e. The Morgan fingerprint density at radius 1 is 1.31 bits per heavy atom. The van der Waals surface area contributed by atoms with E-state index in [1.54, 1.807) is 0 Å². The predicted octanol–water partition coefficient (Wildman–Crippen LogP) is 3.55. The number of hydrogen-bond acceptors (Lipinski definition) is 2. The molecule has 0 aliphatic rings. The van der Waals surface area contributed by atoms with E-state index in [1.807, 2.05) is 19.1 Å². The molecule has 0 radical (unpaired) electrons. The smallest absolute Gasteiger partial charge is 0.122 e. The number of phenols is 1. The molecule has 0 amide bonds. The molecule has 0 saturated heterocycles. The van der Waals surface area contributed by atoms with Gasteiger partial charge in [0.15, 0.2) is 0 Å². The van der Waals surface area contributed by atoms with Gasteiger partial charge in [-0.25, -0.2) is 0 Å². The lowest BCUT2D eigenvalue weighted by molar-refractivity contribution is 0.270. The van der Waals surface area contributed by atoms with Gasteiger partial charge in [-0.3, -0.25) is 0 Å². The van der Waals surface area contributed by atoms with Crippen LogP contribution in [0.15, 0.2) is 16.6 Å². The van der Waals surface area contributed by atoms with Gasteiger partial charge in [-0.2, -0.15) is 0 Å². The molecule has 0 spiro atoms. The second-order valence-corrected chi connectivity index (χ2v) is 6.14. The molecule has 90 valence electrons. The Morgan fingerprint density at radius 2 is 1.88 bits per heavy atom. The highest BCUT2D eigenvalue weighted by Crippen LogP contribution is 2.38. The maximum absolute atomic E-state index is 10.2. The number of aliphatic hydroxyl groups is 1. The number of hydrogen-bond donors (Lipinski definition) is 2. The van der Waals surface area contributed by atoms with Gasteiger partial charge in [0.05, 0.1) is 0 Å². The van der Waals surface area contributed by atoms with Crippen molar-refractivity contribution in [2.24, 2.45) is 0 Å². The fourth-order valence-corrected chi connectivity index (χ4v) is 2.14. The van der Waals surface area contributed by atoms with E-state index >= 15 is 0 Å². The summed E-state index contributed by atoms with van der Waals surface area (Å²) in [6, 6.07) is 3.80. The molecular weight excluding hydrogens is 268 g/mol. The molecule has 1 aromatic carbocycles. The summed E-state index contributed by atoms with van der Waals surface area (Å²) >= 11 is 3.44. The molecular formula is C13H19BrO2. The van der Waals surface area contributed by atoms with E-state index in [4.69, 9.17) is 0 Å². The van der Waals surface area contributed by atoms with Crippen molar-refractivity contribution in [1.29, 1.82) is 0 Å². The summed E-state index contributed by atoms with van der Waals surface area (Å²) < 4.78 is 0.936. The van der Waals surface area contributed by atoms with Crippen molar-refractivity contribution in [2.75, 3.05) is 6.61 Å². The number of aliphatic hydroxyl groups excluding tert-OH is 1. The average Bonchev–Trinajstić information content (AvgIpc) is 2.18. The molecule has 1 aromatic rings. The third kappa shape index (κ3) is 2.77. The van der Waals surface area contributed by atoms with Crippen LogP contribution in [0.25, 0.3) is 0 Å². The Labute approximate surface area is 105 Å². The van der Waals surface area contributed by atoms with Gasteiger partial charge in [0, 0.05) is 28.1 Å². The number of halogens is 1. The second-order valence-electron chi connectivity index (χ2n) is 5.22. The van der Waals surface area contributed by atoms with Gasteiger partial charge >= 0.3 is 0 Å². The maximum atomic E-state index is 10.2. The summed E-state index contributed by atoms with van der Waals surface area (Å²) in [7, 11) is 0. The standard InChI is InChI=1S/C13H19BrO2/c1-8(7-15)10-5-9(14)6-11(12(10)16)13(2,3)4/h5-6,8,15-16H,7H2,1-4H3. The first kappa shape index (κ1) is 13.5. The lowest BCUT2D eigenvalue weighted by Gasteiger charge is -2.24. The number of phenolic OH excluding ortho intramolecular Hbond substituents is 1. The zero-order chi connectivity index (χ0) is 12.5. The monoisotopic (exact) mass is 286 g/mol. The van der Waals surface area contributed by atoms with Crippen LogP contribution in [0.2, 0.25) is 0 Å². The minimum Gasteiger partial charge on any atom is -0.507 e. The molecule has 0 heterocycles. The fourth-order valence-electron chi connectivity index (χ4n) is 1.67. The first-order valence-electron chi connectivity index (χ1n) is 5.41. The predicted molar refractivity (Wildman–Crippen MR) is 70.0 cm³/mol. The van der Waals surface area contributed by atoms with Crippen LogP contribution >= 0.6 is 15.9 Å². The minimum atomic E-state index is -0.113. The first-order chi connectivity index (χ1) is 7.27. The molecule has 1 rings (SSSR count). The normalized spacial score (nSPS) is 13.9. The van der Waals surface area contributed by atoms with E-state index in [2.05, 4.69) is 36.7 Å². The number of rotatable bonds is 2. The van der Waals surface area contributed by atoms with Gasteiger partial charge in [0.2, 0.25) is 0 Å². The second kappa shape index (κ2) is 4.76. The minimum absolute atomic E-state index is 0.0353. The third-order valence-electron chi connectivity index (χ3n) is 2.72. The first-order valence-corrected chi connectivity index (χ1v) is 6.20. The van der Waals surface area contributed by atoms with Gasteiger partial charge in [-0.15, -0.1) is 0 Å². The topological polar surface area (TPSA) is 40.5 Å². The molecule has 0 aromatic heterocycles. The van der Waals surface area contributed by atoms with E-state index in [1.165, 1.54) is 0 Å². The van der Waals surface area contributed by atoms with Crippen LogP contribution in [0.4, 0.5) is 0 Å². The third-order valence-corrected chi connectivity index (χ3v) is 3.17. The van der Waals surface area contributed by atoms with Crippen molar-refractivity contribution in [2.45, 2.75) is 39.0 Å². The molecule has 1 unspecified atom stereocenters. The van der Waals surface area contributed by atoms with Crippen molar-refractivity contribution in [1.82, 2.24) is 0 Å².